The molecule has 2 aromatic rings. The summed E-state index contributed by atoms with van der Waals surface area (Å²) in [6, 6.07) is 2.81. The van der Waals surface area contributed by atoms with Crippen LogP contribution in [-0.2, 0) is 11.2 Å². The molecule has 1 N–H and O–H groups in total. The lowest BCUT2D eigenvalue weighted by Crippen LogP contribution is -2.42. The lowest BCUT2D eigenvalue weighted by Gasteiger charge is -2.48. The summed E-state index contributed by atoms with van der Waals surface area (Å²) in [4.78, 5) is 18.1. The minimum atomic E-state index is -0.139. The summed E-state index contributed by atoms with van der Waals surface area (Å²) in [5, 5.41) is 4.81. The maximum atomic E-state index is 13.0. The molecule has 1 aromatic carbocycles. The molecule has 1 heterocycles. The van der Waals surface area contributed by atoms with Crippen molar-refractivity contribution in [2.24, 2.45) is 17.3 Å². The number of methoxy groups -OCH3 is 1. The summed E-state index contributed by atoms with van der Waals surface area (Å²) in [5.41, 5.74) is 3.87. The van der Waals surface area contributed by atoms with E-state index >= 15 is 0 Å². The predicted octanol–water partition coefficient (Wildman–Crippen LogP) is 6.85. The first-order valence-electron chi connectivity index (χ1n) is 12.4. The highest BCUT2D eigenvalue weighted by Crippen LogP contribution is 2.61. The fourth-order valence-corrected chi connectivity index (χ4v) is 9.61. The number of anilines is 1. The number of ether oxygens (including phenoxy) is 1. The van der Waals surface area contributed by atoms with Crippen molar-refractivity contribution >= 4 is 48.4 Å². The summed E-state index contributed by atoms with van der Waals surface area (Å²) in [6.07, 6.45) is 11.9. The quantitative estimate of drug-likeness (QED) is 0.453. The molecule has 0 saturated heterocycles. The predicted molar refractivity (Wildman–Crippen MR) is 134 cm³/mol. The van der Waals surface area contributed by atoms with Crippen LogP contribution in [0.5, 0.6) is 5.75 Å². The van der Waals surface area contributed by atoms with Gasteiger partial charge in [-0.3, -0.25) is 4.79 Å². The molecule has 172 valence electrons. The Hall–Kier alpha value is -1.14. The molecule has 4 nitrogen and oxygen atoms in total. The first-order valence-corrected chi connectivity index (χ1v) is 14.2. The number of fused-ring (bicyclic) bond motifs is 7. The largest absolute Gasteiger partial charge is 0.494 e. The summed E-state index contributed by atoms with van der Waals surface area (Å²) in [5.74, 6) is 3.00. The number of ketones is 1. The summed E-state index contributed by atoms with van der Waals surface area (Å²) in [6.45, 7) is 2.25. The Morgan fingerprint density at radius 3 is 2.81 bits per heavy atom. The van der Waals surface area contributed by atoms with E-state index < -0.39 is 0 Å². The first kappa shape index (κ1) is 21.4. The van der Waals surface area contributed by atoms with E-state index in [2.05, 4.69) is 34.2 Å². The van der Waals surface area contributed by atoms with Crippen molar-refractivity contribution in [1.82, 2.24) is 4.98 Å². The smallest absolute Gasteiger partial charge is 0.184 e. The van der Waals surface area contributed by atoms with Crippen LogP contribution in [0.2, 0.25) is 0 Å². The molecule has 6 heteroatoms. The van der Waals surface area contributed by atoms with Crippen molar-refractivity contribution in [1.29, 1.82) is 0 Å². The van der Waals surface area contributed by atoms with E-state index in [4.69, 9.17) is 9.72 Å². The topological polar surface area (TPSA) is 51.2 Å². The Bertz CT molecular complexity index is 1060. The number of hydrogen-bond acceptors (Lipinski definition) is 5. The van der Waals surface area contributed by atoms with Crippen molar-refractivity contribution in [3.8, 4) is 5.75 Å². The molecule has 1 aromatic heterocycles. The Labute approximate surface area is 203 Å². The number of Topliss-reactive ketones (excluding diaryl/α,β-unsaturated/α-hetero) is 1. The number of alkyl halides is 1. The van der Waals surface area contributed by atoms with Crippen molar-refractivity contribution < 1.29 is 9.53 Å². The fraction of sp³-hybridized carbons (Fsp3) is 0.692. The highest BCUT2D eigenvalue weighted by atomic mass is 79.9. The third-order valence-electron chi connectivity index (χ3n) is 9.16. The summed E-state index contributed by atoms with van der Waals surface area (Å²) < 4.78 is 7.14. The van der Waals surface area contributed by atoms with Gasteiger partial charge in [0, 0.05) is 11.5 Å². The third kappa shape index (κ3) is 3.19. The second-order valence-electron chi connectivity index (χ2n) is 10.8. The maximum absolute atomic E-state index is 13.0. The number of rotatable bonds is 3. The number of nitrogens with one attached hydrogen (secondary N) is 1. The average molecular weight is 518 g/mol. The molecule has 3 saturated carbocycles. The number of carbonyl (C=O) groups excluding carboxylic acids is 1. The second-order valence-corrected chi connectivity index (χ2v) is 12.9. The van der Waals surface area contributed by atoms with Gasteiger partial charge in [0.1, 0.15) is 11.3 Å². The molecule has 4 aliphatic carbocycles. The van der Waals surface area contributed by atoms with Gasteiger partial charge < -0.3 is 10.1 Å². The Balaban J connectivity index is 1.40. The standard InChI is InChI=1S/C26H33BrN2O2S/c1-26-11-10-17-16(18(26)13-19(27)24(26)30)9-8-14-12-20(31-2)22-23(21(14)17)32-25(29-22)28-15-6-4-3-5-7-15/h12,15-19H,3-11,13H2,1-2H3,(H,28,29)/t16-,17+,18+,19-,26+/m1/s1. The van der Waals surface area contributed by atoms with Gasteiger partial charge in [0.05, 0.1) is 16.6 Å². The zero-order valence-corrected chi connectivity index (χ0v) is 21.5. The van der Waals surface area contributed by atoms with Crippen LogP contribution < -0.4 is 10.1 Å². The van der Waals surface area contributed by atoms with Gasteiger partial charge in [0.15, 0.2) is 10.9 Å². The first-order chi connectivity index (χ1) is 15.5. The van der Waals surface area contributed by atoms with Gasteiger partial charge in [-0.1, -0.05) is 53.5 Å². The highest BCUT2D eigenvalue weighted by molar-refractivity contribution is 9.10. The van der Waals surface area contributed by atoms with E-state index in [1.165, 1.54) is 54.4 Å². The molecule has 0 radical (unpaired) electrons. The summed E-state index contributed by atoms with van der Waals surface area (Å²) in [7, 11) is 1.77. The molecule has 4 aliphatic rings. The lowest BCUT2D eigenvalue weighted by molar-refractivity contribution is -0.128. The van der Waals surface area contributed by atoms with Gasteiger partial charge in [-0.25, -0.2) is 4.98 Å². The van der Waals surface area contributed by atoms with E-state index in [9.17, 15) is 4.79 Å². The van der Waals surface area contributed by atoms with Gasteiger partial charge in [-0.05, 0) is 79.9 Å². The molecule has 0 unspecified atom stereocenters. The van der Waals surface area contributed by atoms with Gasteiger partial charge in [-0.15, -0.1) is 0 Å². The summed E-state index contributed by atoms with van der Waals surface area (Å²) >= 11 is 5.54. The number of thiazole rings is 1. The van der Waals surface area contributed by atoms with Crippen LogP contribution in [0.4, 0.5) is 5.13 Å². The third-order valence-corrected chi connectivity index (χ3v) is 11.0. The van der Waals surface area contributed by atoms with Crippen molar-refractivity contribution in [3.05, 3.63) is 17.2 Å². The van der Waals surface area contributed by atoms with Crippen LogP contribution in [-0.4, -0.2) is 28.7 Å². The molecule has 0 aliphatic heterocycles. The molecule has 6 rings (SSSR count). The van der Waals surface area contributed by atoms with Crippen LogP contribution in [0, 0.1) is 17.3 Å². The molecule has 32 heavy (non-hydrogen) atoms. The molecular weight excluding hydrogens is 484 g/mol. The van der Waals surface area contributed by atoms with Gasteiger partial charge in [0.2, 0.25) is 0 Å². The number of hydrogen-bond donors (Lipinski definition) is 1. The monoisotopic (exact) mass is 516 g/mol. The van der Waals surface area contributed by atoms with Crippen molar-refractivity contribution in [3.63, 3.8) is 0 Å². The molecular formula is C26H33BrN2O2S. The second kappa shape index (κ2) is 7.97. The van der Waals surface area contributed by atoms with E-state index in [1.807, 2.05) is 11.3 Å². The van der Waals surface area contributed by atoms with Crippen molar-refractivity contribution in [2.45, 2.75) is 87.9 Å². The molecule has 0 spiro atoms. The number of halogens is 1. The Morgan fingerprint density at radius 2 is 2.03 bits per heavy atom. The fourth-order valence-electron chi connectivity index (χ4n) is 7.49. The number of carbonyl (C=O) groups is 1. The normalized spacial score (nSPS) is 34.8. The number of benzene rings is 1. The zero-order valence-electron chi connectivity index (χ0n) is 19.1. The maximum Gasteiger partial charge on any atom is 0.184 e. The van der Waals surface area contributed by atoms with E-state index in [-0.39, 0.29) is 10.2 Å². The average Bonchev–Trinajstić information content (AvgIpc) is 3.32. The van der Waals surface area contributed by atoms with Crippen LogP contribution in [0.1, 0.15) is 81.8 Å². The minimum Gasteiger partial charge on any atom is -0.494 e. The van der Waals surface area contributed by atoms with E-state index in [0.717, 1.165) is 42.1 Å². The van der Waals surface area contributed by atoms with E-state index in [1.54, 1.807) is 7.11 Å². The van der Waals surface area contributed by atoms with Crippen LogP contribution >= 0.6 is 27.3 Å². The van der Waals surface area contributed by atoms with Gasteiger partial charge in [0.25, 0.3) is 0 Å². The molecule has 0 bridgehead atoms. The number of aryl methyl sites for hydroxylation is 1. The number of aromatic nitrogens is 1. The molecule has 0 amide bonds. The van der Waals surface area contributed by atoms with Gasteiger partial charge in [-0.2, -0.15) is 0 Å². The van der Waals surface area contributed by atoms with Gasteiger partial charge >= 0.3 is 0 Å². The lowest BCUT2D eigenvalue weighted by atomic mass is 9.55. The Morgan fingerprint density at radius 1 is 1.22 bits per heavy atom. The van der Waals surface area contributed by atoms with Crippen LogP contribution in [0.15, 0.2) is 6.07 Å². The Kier molecular flexibility index (Phi) is 5.33. The zero-order chi connectivity index (χ0) is 22.0. The van der Waals surface area contributed by atoms with Crippen molar-refractivity contribution in [2.75, 3.05) is 12.4 Å². The van der Waals surface area contributed by atoms with Crippen LogP contribution in [0.3, 0.4) is 0 Å². The van der Waals surface area contributed by atoms with E-state index in [0.29, 0.717) is 29.6 Å². The molecule has 5 atom stereocenters. The molecule has 3 fully saturated rings. The minimum absolute atomic E-state index is 0.0447. The van der Waals surface area contributed by atoms with Crippen LogP contribution in [0.25, 0.3) is 10.2 Å². The number of nitrogens with zero attached hydrogens (tertiary/aromatic N) is 1. The highest BCUT2D eigenvalue weighted by Gasteiger charge is 2.57. The SMILES string of the molecule is COc1cc2c(c3sc(NC4CCCCC4)nc13)[C@H]1CC[C@]3(C)C(=O)[C@H](Br)C[C@H]3[C@@H]1CC2.